The summed E-state index contributed by atoms with van der Waals surface area (Å²) in [6, 6.07) is 56.6. The van der Waals surface area contributed by atoms with E-state index in [1.807, 2.05) is 0 Å². The van der Waals surface area contributed by atoms with Gasteiger partial charge in [-0.05, 0) is 135 Å². The molecule has 2 aliphatic carbocycles. The molecule has 0 aromatic heterocycles. The largest absolute Gasteiger partial charge is 0.310 e. The molecule has 0 N–H and O–H groups in total. The maximum Gasteiger partial charge on any atom is 0.0465 e. The second-order valence-electron chi connectivity index (χ2n) is 14.1. The summed E-state index contributed by atoms with van der Waals surface area (Å²) in [6.07, 6.45) is 5.02. The summed E-state index contributed by atoms with van der Waals surface area (Å²) in [4.78, 5) is 2.42. The van der Waals surface area contributed by atoms with Crippen molar-refractivity contribution in [3.8, 4) is 33.4 Å². The monoisotopic (exact) mass is 617 g/mol. The SMILES string of the molecule is CC1(C)c2ccccc2-c2ccc(N(c3ccc(-c4ccc5c(c4)CCCC5)cc3)c3ccc(-c4ccc5ccccc5c4)cc3)cc21. The van der Waals surface area contributed by atoms with E-state index in [-0.39, 0.29) is 5.41 Å². The van der Waals surface area contributed by atoms with Crippen LogP contribution in [-0.4, -0.2) is 0 Å². The molecular weight excluding hydrogens is 579 g/mol. The van der Waals surface area contributed by atoms with Gasteiger partial charge in [0.2, 0.25) is 0 Å². The van der Waals surface area contributed by atoms with Crippen LogP contribution in [0.4, 0.5) is 17.1 Å². The second kappa shape index (κ2) is 11.4. The van der Waals surface area contributed by atoms with E-state index < -0.39 is 0 Å². The van der Waals surface area contributed by atoms with Gasteiger partial charge in [0.15, 0.2) is 0 Å². The summed E-state index contributed by atoms with van der Waals surface area (Å²) in [7, 11) is 0. The summed E-state index contributed by atoms with van der Waals surface area (Å²) in [5, 5.41) is 2.53. The van der Waals surface area contributed by atoms with Crippen LogP contribution < -0.4 is 4.90 Å². The van der Waals surface area contributed by atoms with Gasteiger partial charge in [-0.2, -0.15) is 0 Å². The molecule has 0 fully saturated rings. The van der Waals surface area contributed by atoms with E-state index in [0.717, 1.165) is 11.4 Å². The first kappa shape index (κ1) is 28.8. The van der Waals surface area contributed by atoms with Gasteiger partial charge in [-0.15, -0.1) is 0 Å². The van der Waals surface area contributed by atoms with E-state index in [0.29, 0.717) is 0 Å². The molecule has 0 bridgehead atoms. The van der Waals surface area contributed by atoms with Gasteiger partial charge in [0, 0.05) is 22.5 Å². The lowest BCUT2D eigenvalue weighted by Gasteiger charge is -2.28. The third-order valence-electron chi connectivity index (χ3n) is 10.8. The van der Waals surface area contributed by atoms with E-state index in [1.54, 1.807) is 0 Å². The highest BCUT2D eigenvalue weighted by molar-refractivity contribution is 5.89. The number of hydrogen-bond acceptors (Lipinski definition) is 1. The maximum absolute atomic E-state index is 2.42. The second-order valence-corrected chi connectivity index (χ2v) is 14.1. The Labute approximate surface area is 284 Å². The van der Waals surface area contributed by atoms with Crippen molar-refractivity contribution in [2.24, 2.45) is 0 Å². The standard InChI is InChI=1S/C47H39N/c1-47(2)45-14-8-7-13-43(45)44-28-27-42(31-46(44)47)48(40-23-19-34(20-24-40)38-17-15-32-9-3-5-11-36(32)29-38)41-25-21-35(22-26-41)39-18-16-33-10-4-6-12-37(33)30-39/h3,5,7-9,11,13-31H,4,6,10,12H2,1-2H3. The zero-order valence-electron chi connectivity index (χ0n) is 27.7. The van der Waals surface area contributed by atoms with Gasteiger partial charge >= 0.3 is 0 Å². The highest BCUT2D eigenvalue weighted by atomic mass is 15.1. The average molecular weight is 618 g/mol. The smallest absolute Gasteiger partial charge is 0.0465 e. The van der Waals surface area contributed by atoms with Gasteiger partial charge in [-0.25, -0.2) is 0 Å². The van der Waals surface area contributed by atoms with Gasteiger partial charge in [0.05, 0.1) is 0 Å². The summed E-state index contributed by atoms with van der Waals surface area (Å²) < 4.78 is 0. The normalized spacial score (nSPS) is 14.3. The molecule has 9 rings (SSSR count). The molecule has 0 saturated heterocycles. The van der Waals surface area contributed by atoms with E-state index in [2.05, 4.69) is 170 Å². The minimum absolute atomic E-state index is 0.0656. The molecular formula is C47H39N. The van der Waals surface area contributed by atoms with Crippen molar-refractivity contribution in [2.45, 2.75) is 44.9 Å². The van der Waals surface area contributed by atoms with Gasteiger partial charge in [0.1, 0.15) is 0 Å². The van der Waals surface area contributed by atoms with Crippen molar-refractivity contribution in [3.05, 3.63) is 174 Å². The first-order valence-corrected chi connectivity index (χ1v) is 17.4. The highest BCUT2D eigenvalue weighted by Gasteiger charge is 2.35. The first-order valence-electron chi connectivity index (χ1n) is 17.4. The minimum atomic E-state index is -0.0656. The molecule has 0 amide bonds. The third-order valence-corrected chi connectivity index (χ3v) is 10.8. The summed E-state index contributed by atoms with van der Waals surface area (Å²) in [5.41, 5.74) is 17.0. The van der Waals surface area contributed by atoms with Crippen molar-refractivity contribution >= 4 is 27.8 Å². The molecule has 2 aliphatic rings. The average Bonchev–Trinajstić information content (AvgIpc) is 3.37. The molecule has 0 radical (unpaired) electrons. The Balaban J connectivity index is 1.12. The molecule has 0 heterocycles. The highest BCUT2D eigenvalue weighted by Crippen LogP contribution is 2.50. The molecule has 7 aromatic carbocycles. The number of aryl methyl sites for hydroxylation is 2. The fourth-order valence-corrected chi connectivity index (χ4v) is 8.17. The molecule has 0 atom stereocenters. The van der Waals surface area contributed by atoms with Crippen molar-refractivity contribution in [1.82, 2.24) is 0 Å². The van der Waals surface area contributed by atoms with Crippen LogP contribution in [0.3, 0.4) is 0 Å². The van der Waals surface area contributed by atoms with Gasteiger partial charge in [-0.1, -0.05) is 123 Å². The van der Waals surface area contributed by atoms with Gasteiger partial charge < -0.3 is 4.90 Å². The molecule has 0 unspecified atom stereocenters. The molecule has 1 nitrogen and oxygen atoms in total. The van der Waals surface area contributed by atoms with Crippen LogP contribution in [0.15, 0.2) is 152 Å². The molecule has 0 saturated carbocycles. The number of benzene rings is 7. The number of rotatable bonds is 5. The van der Waals surface area contributed by atoms with Crippen LogP contribution >= 0.6 is 0 Å². The van der Waals surface area contributed by atoms with Crippen molar-refractivity contribution < 1.29 is 0 Å². The Morgan fingerprint density at radius 3 is 1.73 bits per heavy atom. The molecule has 0 aliphatic heterocycles. The van der Waals surface area contributed by atoms with Crippen LogP contribution in [0.25, 0.3) is 44.2 Å². The Morgan fingerprint density at radius 2 is 0.979 bits per heavy atom. The van der Waals surface area contributed by atoms with Crippen LogP contribution in [-0.2, 0) is 18.3 Å². The third kappa shape index (κ3) is 4.85. The zero-order chi connectivity index (χ0) is 32.2. The Kier molecular flexibility index (Phi) is 6.83. The zero-order valence-corrected chi connectivity index (χ0v) is 27.7. The lowest BCUT2D eigenvalue weighted by atomic mass is 9.82. The van der Waals surface area contributed by atoms with Gasteiger partial charge in [-0.3, -0.25) is 0 Å². The summed E-state index contributed by atoms with van der Waals surface area (Å²) in [5.74, 6) is 0. The summed E-state index contributed by atoms with van der Waals surface area (Å²) >= 11 is 0. The van der Waals surface area contributed by atoms with E-state index in [9.17, 15) is 0 Å². The Hall–Kier alpha value is -5.40. The quantitative estimate of drug-likeness (QED) is 0.186. The van der Waals surface area contributed by atoms with Gasteiger partial charge in [0.25, 0.3) is 0 Å². The molecule has 1 heteroatoms. The van der Waals surface area contributed by atoms with E-state index in [4.69, 9.17) is 0 Å². The molecule has 232 valence electrons. The number of fused-ring (bicyclic) bond motifs is 5. The summed E-state index contributed by atoms with van der Waals surface area (Å²) in [6.45, 7) is 4.72. The number of nitrogens with zero attached hydrogens (tertiary/aromatic N) is 1. The Morgan fingerprint density at radius 1 is 0.417 bits per heavy atom. The van der Waals surface area contributed by atoms with Crippen LogP contribution in [0.2, 0.25) is 0 Å². The lowest BCUT2D eigenvalue weighted by molar-refractivity contribution is 0.660. The molecule has 7 aromatic rings. The van der Waals surface area contributed by atoms with Crippen molar-refractivity contribution in [2.75, 3.05) is 4.90 Å². The fourth-order valence-electron chi connectivity index (χ4n) is 8.17. The number of anilines is 3. The van der Waals surface area contributed by atoms with Crippen LogP contribution in [0, 0.1) is 0 Å². The predicted octanol–water partition coefficient (Wildman–Crippen LogP) is 12.8. The topological polar surface area (TPSA) is 3.24 Å². The van der Waals surface area contributed by atoms with Crippen molar-refractivity contribution in [3.63, 3.8) is 0 Å². The maximum atomic E-state index is 2.42. The van der Waals surface area contributed by atoms with Crippen LogP contribution in [0.5, 0.6) is 0 Å². The minimum Gasteiger partial charge on any atom is -0.310 e. The predicted molar refractivity (Wildman–Crippen MR) is 204 cm³/mol. The molecule has 0 spiro atoms. The lowest BCUT2D eigenvalue weighted by Crippen LogP contribution is -2.16. The fraction of sp³-hybridized carbons (Fsp3) is 0.149. The van der Waals surface area contributed by atoms with Crippen LogP contribution in [0.1, 0.15) is 48.9 Å². The first-order chi connectivity index (χ1) is 23.5. The van der Waals surface area contributed by atoms with Crippen molar-refractivity contribution in [1.29, 1.82) is 0 Å². The van der Waals surface area contributed by atoms with E-state index >= 15 is 0 Å². The Bertz CT molecular complexity index is 2310. The molecule has 48 heavy (non-hydrogen) atoms. The number of hydrogen-bond donors (Lipinski definition) is 0. The van der Waals surface area contributed by atoms with E-state index in [1.165, 1.54) is 97.8 Å².